The summed E-state index contributed by atoms with van der Waals surface area (Å²) in [6.45, 7) is 2.39. The lowest BCUT2D eigenvalue weighted by Crippen LogP contribution is -2.30. The quantitative estimate of drug-likeness (QED) is 0.618. The van der Waals surface area contributed by atoms with Crippen LogP contribution in [0, 0.1) is 5.82 Å². The Labute approximate surface area is 150 Å². The zero-order valence-corrected chi connectivity index (χ0v) is 15.0. The highest BCUT2D eigenvalue weighted by Gasteiger charge is 2.39. The molecule has 2 aliphatic heterocycles. The molecule has 1 fully saturated rings. The van der Waals surface area contributed by atoms with Crippen LogP contribution in [0.25, 0.3) is 11.3 Å². The Morgan fingerprint density at radius 3 is 2.72 bits per heavy atom. The third kappa shape index (κ3) is 3.03. The van der Waals surface area contributed by atoms with Crippen molar-refractivity contribution in [3.8, 4) is 0 Å². The van der Waals surface area contributed by atoms with Gasteiger partial charge in [0.25, 0.3) is 0 Å². The van der Waals surface area contributed by atoms with Crippen molar-refractivity contribution in [2.24, 2.45) is 0 Å². The average Bonchev–Trinajstić information content (AvgIpc) is 3.19. The van der Waals surface area contributed by atoms with Crippen LogP contribution < -0.4 is 0 Å². The third-order valence-electron chi connectivity index (χ3n) is 4.60. The van der Waals surface area contributed by atoms with E-state index >= 15 is 0 Å². The Bertz CT molecular complexity index is 811. The molecule has 2 aromatic rings. The number of aromatic nitrogens is 2. The fraction of sp³-hybridized carbons (Fsp3) is 0.333. The SMILES string of the molecule is COC1CN2CC(c3ccc(F)cc3)=C(c3ccnc(SC)n3)N2C1. The van der Waals surface area contributed by atoms with Crippen molar-refractivity contribution in [3.63, 3.8) is 0 Å². The van der Waals surface area contributed by atoms with Crippen LogP contribution in [0.2, 0.25) is 0 Å². The summed E-state index contributed by atoms with van der Waals surface area (Å²) in [6.07, 6.45) is 3.92. The van der Waals surface area contributed by atoms with Crippen molar-refractivity contribution in [1.82, 2.24) is 20.0 Å². The maximum absolute atomic E-state index is 13.3. The Morgan fingerprint density at radius 2 is 2.00 bits per heavy atom. The number of benzene rings is 1. The first-order valence-electron chi connectivity index (χ1n) is 8.11. The molecule has 1 aromatic heterocycles. The van der Waals surface area contributed by atoms with Gasteiger partial charge in [0.05, 0.1) is 24.0 Å². The van der Waals surface area contributed by atoms with Gasteiger partial charge in [-0.05, 0) is 30.0 Å². The maximum Gasteiger partial charge on any atom is 0.187 e. The number of methoxy groups -OCH3 is 1. The van der Waals surface area contributed by atoms with E-state index in [1.54, 1.807) is 13.3 Å². The lowest BCUT2D eigenvalue weighted by atomic mass is 10.0. The van der Waals surface area contributed by atoms with Crippen LogP contribution in [0.5, 0.6) is 0 Å². The largest absolute Gasteiger partial charge is 0.378 e. The monoisotopic (exact) mass is 358 g/mol. The van der Waals surface area contributed by atoms with Gasteiger partial charge in [0, 0.05) is 32.0 Å². The van der Waals surface area contributed by atoms with Gasteiger partial charge in [0.15, 0.2) is 5.16 Å². The number of hydrazine groups is 1. The molecule has 0 N–H and O–H groups in total. The Kier molecular flexibility index (Phi) is 4.45. The minimum Gasteiger partial charge on any atom is -0.378 e. The van der Waals surface area contributed by atoms with Crippen molar-refractivity contribution >= 4 is 23.0 Å². The summed E-state index contributed by atoms with van der Waals surface area (Å²) in [5.41, 5.74) is 4.12. The second-order valence-electron chi connectivity index (χ2n) is 6.05. The first-order valence-corrected chi connectivity index (χ1v) is 9.33. The fourth-order valence-electron chi connectivity index (χ4n) is 3.38. The van der Waals surface area contributed by atoms with E-state index in [0.29, 0.717) is 0 Å². The van der Waals surface area contributed by atoms with Gasteiger partial charge in [0.1, 0.15) is 5.82 Å². The van der Waals surface area contributed by atoms with E-state index in [9.17, 15) is 4.39 Å². The van der Waals surface area contributed by atoms with Gasteiger partial charge in [-0.25, -0.2) is 19.4 Å². The fourth-order valence-corrected chi connectivity index (χ4v) is 3.74. The molecule has 4 rings (SSSR count). The molecule has 1 unspecified atom stereocenters. The zero-order valence-electron chi connectivity index (χ0n) is 14.1. The van der Waals surface area contributed by atoms with E-state index in [1.807, 2.05) is 24.5 Å². The minimum atomic E-state index is -0.226. The lowest BCUT2D eigenvalue weighted by Gasteiger charge is -2.23. The van der Waals surface area contributed by atoms with Crippen LogP contribution in [-0.4, -0.2) is 59.1 Å². The van der Waals surface area contributed by atoms with Gasteiger partial charge in [-0.1, -0.05) is 23.9 Å². The van der Waals surface area contributed by atoms with Crippen molar-refractivity contribution < 1.29 is 9.13 Å². The van der Waals surface area contributed by atoms with Gasteiger partial charge in [-0.2, -0.15) is 0 Å². The molecule has 0 amide bonds. The molecule has 1 saturated heterocycles. The van der Waals surface area contributed by atoms with E-state index in [0.717, 1.165) is 47.3 Å². The molecule has 3 heterocycles. The first kappa shape index (κ1) is 16.5. The minimum absolute atomic E-state index is 0.173. The number of nitrogens with zero attached hydrogens (tertiary/aromatic N) is 4. The number of fused-ring (bicyclic) bond motifs is 1. The standard InChI is InChI=1S/C18H19FN4OS/c1-24-14-9-22-11-15(12-3-5-13(19)6-4-12)17(23(22)10-14)16-7-8-20-18(21-16)25-2/h3-8,14H,9-11H2,1-2H3. The summed E-state index contributed by atoms with van der Waals surface area (Å²) in [5.74, 6) is -0.226. The molecule has 2 aliphatic rings. The Morgan fingerprint density at radius 1 is 1.20 bits per heavy atom. The Balaban J connectivity index is 1.81. The average molecular weight is 358 g/mol. The van der Waals surface area contributed by atoms with E-state index in [-0.39, 0.29) is 11.9 Å². The van der Waals surface area contributed by atoms with E-state index < -0.39 is 0 Å². The molecule has 1 aromatic carbocycles. The molecule has 0 spiro atoms. The lowest BCUT2D eigenvalue weighted by molar-refractivity contribution is 0.115. The van der Waals surface area contributed by atoms with E-state index in [2.05, 4.69) is 20.0 Å². The molecule has 0 bridgehead atoms. The van der Waals surface area contributed by atoms with Crippen molar-refractivity contribution in [2.45, 2.75) is 11.3 Å². The van der Waals surface area contributed by atoms with E-state index in [1.165, 1.54) is 23.9 Å². The molecule has 0 aliphatic carbocycles. The molecular weight excluding hydrogens is 339 g/mol. The van der Waals surface area contributed by atoms with Crippen LogP contribution in [0.3, 0.4) is 0 Å². The van der Waals surface area contributed by atoms with E-state index in [4.69, 9.17) is 4.74 Å². The summed E-state index contributed by atoms with van der Waals surface area (Å²) in [7, 11) is 1.74. The van der Waals surface area contributed by atoms with Gasteiger partial charge in [-0.15, -0.1) is 0 Å². The van der Waals surface area contributed by atoms with Crippen LogP contribution in [0.15, 0.2) is 41.7 Å². The molecule has 0 radical (unpaired) electrons. The van der Waals surface area contributed by atoms with Crippen molar-refractivity contribution in [3.05, 3.63) is 53.6 Å². The number of rotatable bonds is 4. The second-order valence-corrected chi connectivity index (χ2v) is 6.82. The summed E-state index contributed by atoms with van der Waals surface area (Å²) in [4.78, 5) is 8.97. The van der Waals surface area contributed by atoms with Gasteiger partial charge in [-0.3, -0.25) is 0 Å². The highest BCUT2D eigenvalue weighted by molar-refractivity contribution is 7.98. The number of hydrogen-bond acceptors (Lipinski definition) is 6. The molecule has 25 heavy (non-hydrogen) atoms. The highest BCUT2D eigenvalue weighted by Crippen LogP contribution is 2.39. The van der Waals surface area contributed by atoms with Gasteiger partial charge >= 0.3 is 0 Å². The van der Waals surface area contributed by atoms with Crippen LogP contribution >= 0.6 is 11.8 Å². The van der Waals surface area contributed by atoms with Crippen molar-refractivity contribution in [1.29, 1.82) is 0 Å². The van der Waals surface area contributed by atoms with Crippen molar-refractivity contribution in [2.75, 3.05) is 33.0 Å². The summed E-state index contributed by atoms with van der Waals surface area (Å²) >= 11 is 1.52. The molecular formula is C18H19FN4OS. The number of halogens is 1. The smallest absolute Gasteiger partial charge is 0.187 e. The third-order valence-corrected chi connectivity index (χ3v) is 5.16. The maximum atomic E-state index is 13.3. The predicted octanol–water partition coefficient (Wildman–Crippen LogP) is 2.77. The normalized spacial score (nSPS) is 20.4. The van der Waals surface area contributed by atoms with Crippen LogP contribution in [0.1, 0.15) is 11.3 Å². The summed E-state index contributed by atoms with van der Waals surface area (Å²) < 4.78 is 18.9. The molecule has 0 saturated carbocycles. The summed E-state index contributed by atoms with van der Waals surface area (Å²) in [5, 5.41) is 5.24. The number of thioether (sulfide) groups is 1. The number of ether oxygens (including phenoxy) is 1. The molecule has 7 heteroatoms. The number of hydrogen-bond donors (Lipinski definition) is 0. The van der Waals surface area contributed by atoms with Crippen LogP contribution in [0.4, 0.5) is 4.39 Å². The van der Waals surface area contributed by atoms with Gasteiger partial charge in [0.2, 0.25) is 0 Å². The molecule has 130 valence electrons. The highest BCUT2D eigenvalue weighted by atomic mass is 32.2. The first-order chi connectivity index (χ1) is 12.2. The topological polar surface area (TPSA) is 41.5 Å². The molecule has 5 nitrogen and oxygen atoms in total. The second kappa shape index (κ2) is 6.74. The van der Waals surface area contributed by atoms with Crippen LogP contribution in [-0.2, 0) is 4.74 Å². The Hall–Kier alpha value is -1.96. The van der Waals surface area contributed by atoms with Gasteiger partial charge < -0.3 is 9.75 Å². The predicted molar refractivity (Wildman–Crippen MR) is 96.1 cm³/mol. The molecule has 1 atom stereocenters. The zero-order chi connectivity index (χ0) is 17.4. The summed E-state index contributed by atoms with van der Waals surface area (Å²) in [6, 6.07) is 8.60.